The van der Waals surface area contributed by atoms with E-state index >= 15 is 0 Å². The lowest BCUT2D eigenvalue weighted by Crippen LogP contribution is -2.46. The molecule has 0 spiro atoms. The SMILES string of the molecule is CC1CCCN1C1CCN(c2ncc(Cl)cc2[N+](=O)[O-])CC1. The molecule has 120 valence electrons. The number of piperidine rings is 1. The van der Waals surface area contributed by atoms with Crippen molar-refractivity contribution in [2.24, 2.45) is 0 Å². The second-order valence-corrected chi connectivity index (χ2v) is 6.64. The van der Waals surface area contributed by atoms with Gasteiger partial charge >= 0.3 is 5.69 Å². The number of halogens is 1. The number of hydrogen-bond donors (Lipinski definition) is 0. The third-order valence-electron chi connectivity index (χ3n) is 4.85. The predicted molar refractivity (Wildman–Crippen MR) is 86.5 cm³/mol. The van der Waals surface area contributed by atoms with Crippen molar-refractivity contribution in [1.29, 1.82) is 0 Å². The van der Waals surface area contributed by atoms with Gasteiger partial charge in [-0.15, -0.1) is 0 Å². The molecular formula is C15H21ClN4O2. The van der Waals surface area contributed by atoms with Crippen molar-refractivity contribution in [2.75, 3.05) is 24.5 Å². The van der Waals surface area contributed by atoms with Gasteiger partial charge in [-0.25, -0.2) is 4.98 Å². The molecule has 0 aliphatic carbocycles. The molecule has 2 saturated heterocycles. The molecule has 0 saturated carbocycles. The van der Waals surface area contributed by atoms with Gasteiger partial charge in [0.15, 0.2) is 0 Å². The van der Waals surface area contributed by atoms with Crippen LogP contribution in [-0.4, -0.2) is 46.5 Å². The standard InChI is InChI=1S/C15H21ClN4O2/c1-11-3-2-6-19(11)13-4-7-18(8-5-13)15-14(20(21)22)9-12(16)10-17-15/h9-11,13H,2-8H2,1H3. The number of nitrogens with zero attached hydrogens (tertiary/aromatic N) is 4. The zero-order valence-corrected chi connectivity index (χ0v) is 13.5. The molecule has 0 N–H and O–H groups in total. The van der Waals surface area contributed by atoms with Crippen LogP contribution in [-0.2, 0) is 0 Å². The van der Waals surface area contributed by atoms with Gasteiger partial charge in [0.05, 0.1) is 9.95 Å². The summed E-state index contributed by atoms with van der Waals surface area (Å²) >= 11 is 5.83. The summed E-state index contributed by atoms with van der Waals surface area (Å²) < 4.78 is 0. The Labute approximate surface area is 135 Å². The van der Waals surface area contributed by atoms with Crippen LogP contribution in [0.25, 0.3) is 0 Å². The Morgan fingerprint density at radius 2 is 2.05 bits per heavy atom. The highest BCUT2D eigenvalue weighted by Gasteiger charge is 2.32. The van der Waals surface area contributed by atoms with Crippen molar-refractivity contribution in [1.82, 2.24) is 9.88 Å². The molecule has 6 nitrogen and oxygen atoms in total. The van der Waals surface area contributed by atoms with Gasteiger partial charge in [-0.1, -0.05) is 11.6 Å². The normalized spacial score (nSPS) is 23.9. The smallest absolute Gasteiger partial charge is 0.313 e. The fourth-order valence-corrected chi connectivity index (χ4v) is 3.86. The maximum atomic E-state index is 11.2. The number of aromatic nitrogens is 1. The van der Waals surface area contributed by atoms with Crippen molar-refractivity contribution in [3.8, 4) is 0 Å². The van der Waals surface area contributed by atoms with E-state index in [1.54, 1.807) is 0 Å². The Bertz CT molecular complexity index is 560. The van der Waals surface area contributed by atoms with E-state index in [-0.39, 0.29) is 5.69 Å². The Morgan fingerprint density at radius 1 is 1.32 bits per heavy atom. The van der Waals surface area contributed by atoms with Crippen LogP contribution in [0.2, 0.25) is 5.02 Å². The number of nitro groups is 1. The third-order valence-corrected chi connectivity index (χ3v) is 5.05. The highest BCUT2D eigenvalue weighted by Crippen LogP contribution is 2.32. The van der Waals surface area contributed by atoms with E-state index < -0.39 is 4.92 Å². The Morgan fingerprint density at radius 3 is 2.64 bits per heavy atom. The zero-order valence-electron chi connectivity index (χ0n) is 12.7. The summed E-state index contributed by atoms with van der Waals surface area (Å²) in [6, 6.07) is 2.65. The predicted octanol–water partition coefficient (Wildman–Crippen LogP) is 3.10. The van der Waals surface area contributed by atoms with Crippen molar-refractivity contribution < 1.29 is 4.92 Å². The average Bonchev–Trinajstić information content (AvgIpc) is 2.93. The van der Waals surface area contributed by atoms with Gasteiger partial charge < -0.3 is 4.90 Å². The fourth-order valence-electron chi connectivity index (χ4n) is 3.71. The number of pyridine rings is 1. The first-order valence-electron chi connectivity index (χ1n) is 7.87. The van der Waals surface area contributed by atoms with Gasteiger partial charge in [0.2, 0.25) is 5.82 Å². The van der Waals surface area contributed by atoms with Crippen LogP contribution in [0.1, 0.15) is 32.6 Å². The van der Waals surface area contributed by atoms with Crippen molar-refractivity contribution >= 4 is 23.1 Å². The summed E-state index contributed by atoms with van der Waals surface area (Å²) in [4.78, 5) is 19.6. The molecule has 2 aliphatic heterocycles. The molecule has 22 heavy (non-hydrogen) atoms. The van der Waals surface area contributed by atoms with Crippen LogP contribution >= 0.6 is 11.6 Å². The summed E-state index contributed by atoms with van der Waals surface area (Å²) in [5.41, 5.74) is 0.000454. The molecule has 2 fully saturated rings. The summed E-state index contributed by atoms with van der Waals surface area (Å²) in [6.45, 7) is 5.10. The lowest BCUT2D eigenvalue weighted by molar-refractivity contribution is -0.384. The molecule has 1 aromatic rings. The lowest BCUT2D eigenvalue weighted by Gasteiger charge is -2.38. The molecule has 2 aliphatic rings. The van der Waals surface area contributed by atoms with E-state index in [0.717, 1.165) is 25.9 Å². The second kappa shape index (κ2) is 6.38. The summed E-state index contributed by atoms with van der Waals surface area (Å²) in [5, 5.41) is 11.5. The summed E-state index contributed by atoms with van der Waals surface area (Å²) in [5.74, 6) is 0.447. The van der Waals surface area contributed by atoms with E-state index in [0.29, 0.717) is 22.9 Å². The molecule has 3 heterocycles. The Kier molecular flexibility index (Phi) is 4.49. The minimum absolute atomic E-state index is 0.000454. The minimum Gasteiger partial charge on any atom is -0.351 e. The maximum Gasteiger partial charge on any atom is 0.313 e. The van der Waals surface area contributed by atoms with Gasteiger partial charge in [0.1, 0.15) is 0 Å². The van der Waals surface area contributed by atoms with Gasteiger partial charge in [0, 0.05) is 37.4 Å². The molecule has 1 unspecified atom stereocenters. The van der Waals surface area contributed by atoms with E-state index in [9.17, 15) is 10.1 Å². The van der Waals surface area contributed by atoms with Crippen molar-refractivity contribution in [3.63, 3.8) is 0 Å². The summed E-state index contributed by atoms with van der Waals surface area (Å²) in [6.07, 6.45) is 6.12. The first-order valence-corrected chi connectivity index (χ1v) is 8.24. The lowest BCUT2D eigenvalue weighted by atomic mass is 10.0. The van der Waals surface area contributed by atoms with Crippen molar-refractivity contribution in [2.45, 2.75) is 44.7 Å². The van der Waals surface area contributed by atoms with E-state index in [1.807, 2.05) is 4.90 Å². The van der Waals surface area contributed by atoms with E-state index in [2.05, 4.69) is 16.8 Å². The number of likely N-dealkylation sites (tertiary alicyclic amines) is 1. The second-order valence-electron chi connectivity index (χ2n) is 6.20. The molecule has 0 aromatic carbocycles. The van der Waals surface area contributed by atoms with Crippen LogP contribution < -0.4 is 4.90 Å². The van der Waals surface area contributed by atoms with Gasteiger partial charge in [-0.3, -0.25) is 15.0 Å². The molecule has 0 radical (unpaired) electrons. The molecule has 0 amide bonds. The molecule has 1 atom stereocenters. The monoisotopic (exact) mass is 324 g/mol. The third kappa shape index (κ3) is 3.03. The van der Waals surface area contributed by atoms with Gasteiger partial charge in [-0.05, 0) is 39.2 Å². The Hall–Kier alpha value is -1.40. The van der Waals surface area contributed by atoms with Crippen LogP contribution in [0.5, 0.6) is 0 Å². The zero-order chi connectivity index (χ0) is 15.7. The van der Waals surface area contributed by atoms with Gasteiger partial charge in [-0.2, -0.15) is 0 Å². The highest BCUT2D eigenvalue weighted by atomic mass is 35.5. The van der Waals surface area contributed by atoms with E-state index in [1.165, 1.54) is 31.6 Å². The minimum atomic E-state index is -0.400. The molecule has 3 rings (SSSR count). The first kappa shape index (κ1) is 15.5. The first-order chi connectivity index (χ1) is 10.6. The largest absolute Gasteiger partial charge is 0.351 e. The molecular weight excluding hydrogens is 304 g/mol. The number of hydrogen-bond acceptors (Lipinski definition) is 5. The summed E-state index contributed by atoms with van der Waals surface area (Å²) in [7, 11) is 0. The molecule has 7 heteroatoms. The fraction of sp³-hybridized carbons (Fsp3) is 0.667. The van der Waals surface area contributed by atoms with Crippen LogP contribution in [0, 0.1) is 10.1 Å². The molecule has 0 bridgehead atoms. The Balaban J connectivity index is 1.70. The van der Waals surface area contributed by atoms with E-state index in [4.69, 9.17) is 11.6 Å². The topological polar surface area (TPSA) is 62.5 Å². The molecule has 1 aromatic heterocycles. The van der Waals surface area contributed by atoms with Gasteiger partial charge in [0.25, 0.3) is 0 Å². The van der Waals surface area contributed by atoms with Crippen molar-refractivity contribution in [3.05, 3.63) is 27.4 Å². The number of rotatable bonds is 3. The van der Waals surface area contributed by atoms with Crippen LogP contribution in [0.3, 0.4) is 0 Å². The number of anilines is 1. The van der Waals surface area contributed by atoms with Crippen LogP contribution in [0.4, 0.5) is 11.5 Å². The highest BCUT2D eigenvalue weighted by molar-refractivity contribution is 6.30. The quantitative estimate of drug-likeness (QED) is 0.631. The van der Waals surface area contributed by atoms with Crippen LogP contribution in [0.15, 0.2) is 12.3 Å². The maximum absolute atomic E-state index is 11.2. The average molecular weight is 325 g/mol.